The highest BCUT2D eigenvalue weighted by molar-refractivity contribution is 5.74. The topological polar surface area (TPSA) is 65.2 Å². The van der Waals surface area contributed by atoms with Crippen LogP contribution in [0.15, 0.2) is 6.07 Å². The van der Waals surface area contributed by atoms with Crippen LogP contribution in [0.25, 0.3) is 0 Å². The quantitative estimate of drug-likeness (QED) is 0.806. The number of nitrogens with two attached hydrogens (primary N) is 1. The molecule has 0 aromatic carbocycles. The summed E-state index contributed by atoms with van der Waals surface area (Å²) in [5.74, 6) is -0.678. The van der Waals surface area contributed by atoms with Crippen LogP contribution in [0.2, 0.25) is 0 Å². The number of aromatic nitrogens is 1. The lowest BCUT2D eigenvalue weighted by molar-refractivity contribution is -0.276. The van der Waals surface area contributed by atoms with Gasteiger partial charge in [0, 0.05) is 12.1 Å². The van der Waals surface area contributed by atoms with Crippen molar-refractivity contribution < 1.29 is 22.7 Å². The van der Waals surface area contributed by atoms with Crippen molar-refractivity contribution in [2.75, 3.05) is 0 Å². The number of pyridine rings is 1. The van der Waals surface area contributed by atoms with Gasteiger partial charge in [0.1, 0.15) is 5.69 Å². The highest BCUT2D eigenvalue weighted by atomic mass is 19.4. The summed E-state index contributed by atoms with van der Waals surface area (Å²) in [6.07, 6.45) is -4.49. The number of hydrogen-bond donors (Lipinski definition) is 1. The maximum Gasteiger partial charge on any atom is 0.574 e. The fraction of sp³-hybridized carbons (Fsp3) is 0.333. The average molecular weight is 234 g/mol. The molecule has 1 rings (SSSR count). The van der Waals surface area contributed by atoms with E-state index in [9.17, 15) is 18.0 Å². The minimum absolute atomic E-state index is 0.0976. The molecule has 0 unspecified atom stereocenters. The Morgan fingerprint density at radius 1 is 1.56 bits per heavy atom. The van der Waals surface area contributed by atoms with Crippen molar-refractivity contribution >= 4 is 6.29 Å². The Bertz CT molecular complexity index is 404. The van der Waals surface area contributed by atoms with E-state index in [2.05, 4.69) is 9.72 Å². The van der Waals surface area contributed by atoms with Crippen molar-refractivity contribution in [1.29, 1.82) is 0 Å². The van der Waals surface area contributed by atoms with Crippen molar-refractivity contribution in [2.45, 2.75) is 19.8 Å². The average Bonchev–Trinajstić information content (AvgIpc) is 2.18. The predicted molar refractivity (Wildman–Crippen MR) is 48.9 cm³/mol. The zero-order chi connectivity index (χ0) is 12.3. The Balaban J connectivity index is 3.20. The van der Waals surface area contributed by atoms with Gasteiger partial charge in [0.25, 0.3) is 0 Å². The minimum atomic E-state index is -4.85. The molecule has 16 heavy (non-hydrogen) atoms. The number of carbonyl (C=O) groups is 1. The second-order valence-corrected chi connectivity index (χ2v) is 3.02. The lowest BCUT2D eigenvalue weighted by Gasteiger charge is -2.12. The highest BCUT2D eigenvalue weighted by Gasteiger charge is 2.33. The summed E-state index contributed by atoms with van der Waals surface area (Å²) in [4.78, 5) is 14.0. The van der Waals surface area contributed by atoms with Gasteiger partial charge in [-0.05, 0) is 18.6 Å². The molecule has 0 saturated carbocycles. The lowest BCUT2D eigenvalue weighted by Crippen LogP contribution is -2.20. The molecule has 4 nitrogen and oxygen atoms in total. The number of aldehydes is 1. The van der Waals surface area contributed by atoms with Crippen LogP contribution >= 0.6 is 0 Å². The zero-order valence-electron chi connectivity index (χ0n) is 8.34. The van der Waals surface area contributed by atoms with E-state index in [0.29, 0.717) is 11.8 Å². The Labute approximate surface area is 89.2 Å². The van der Waals surface area contributed by atoms with Crippen molar-refractivity contribution in [2.24, 2.45) is 5.73 Å². The number of halogens is 3. The third-order valence-corrected chi connectivity index (χ3v) is 1.84. The highest BCUT2D eigenvalue weighted by Crippen LogP contribution is 2.25. The Hall–Kier alpha value is -1.63. The third-order valence-electron chi connectivity index (χ3n) is 1.84. The largest absolute Gasteiger partial charge is 0.574 e. The molecule has 1 heterocycles. The van der Waals surface area contributed by atoms with Crippen LogP contribution in [0.5, 0.6) is 5.88 Å². The van der Waals surface area contributed by atoms with Crippen molar-refractivity contribution in [3.8, 4) is 5.88 Å². The van der Waals surface area contributed by atoms with Crippen molar-refractivity contribution in [1.82, 2.24) is 4.98 Å². The van der Waals surface area contributed by atoms with E-state index in [4.69, 9.17) is 5.73 Å². The SMILES string of the molecule is Cc1cc(CN)c(OC(F)(F)F)nc1C=O. The van der Waals surface area contributed by atoms with E-state index < -0.39 is 12.2 Å². The van der Waals surface area contributed by atoms with Gasteiger partial charge in [0.2, 0.25) is 5.88 Å². The van der Waals surface area contributed by atoms with E-state index in [1.165, 1.54) is 6.07 Å². The molecule has 0 aliphatic rings. The standard InChI is InChI=1S/C9H9F3N2O2/c1-5-2-6(3-13)8(14-7(5)4-15)16-9(10,11)12/h2,4H,3,13H2,1H3. The smallest absolute Gasteiger partial charge is 0.388 e. The number of alkyl halides is 3. The summed E-state index contributed by atoms with van der Waals surface area (Å²) in [7, 11) is 0. The number of nitrogens with zero attached hydrogens (tertiary/aromatic N) is 1. The first kappa shape index (κ1) is 12.4. The summed E-state index contributed by atoms with van der Waals surface area (Å²) in [5, 5.41) is 0. The molecule has 0 aliphatic carbocycles. The summed E-state index contributed by atoms with van der Waals surface area (Å²) < 4.78 is 39.7. The van der Waals surface area contributed by atoms with Crippen LogP contribution < -0.4 is 10.5 Å². The molecule has 1 aromatic rings. The lowest BCUT2D eigenvalue weighted by atomic mass is 10.1. The Kier molecular flexibility index (Phi) is 3.48. The molecule has 7 heteroatoms. The minimum Gasteiger partial charge on any atom is -0.388 e. The van der Waals surface area contributed by atoms with Crippen molar-refractivity contribution in [3.63, 3.8) is 0 Å². The monoisotopic (exact) mass is 234 g/mol. The molecule has 0 saturated heterocycles. The van der Waals surface area contributed by atoms with Gasteiger partial charge in [-0.1, -0.05) is 0 Å². The molecule has 0 radical (unpaired) electrons. The molecule has 1 aromatic heterocycles. The van der Waals surface area contributed by atoms with Crippen LogP contribution in [0.1, 0.15) is 21.6 Å². The van der Waals surface area contributed by atoms with E-state index >= 15 is 0 Å². The van der Waals surface area contributed by atoms with Crippen LogP contribution in [0.3, 0.4) is 0 Å². The normalized spacial score (nSPS) is 11.3. The number of ether oxygens (including phenoxy) is 1. The van der Waals surface area contributed by atoms with Gasteiger partial charge in [-0.2, -0.15) is 0 Å². The number of carbonyl (C=O) groups excluding carboxylic acids is 1. The van der Waals surface area contributed by atoms with Gasteiger partial charge < -0.3 is 10.5 Å². The maximum absolute atomic E-state index is 12.0. The molecule has 0 atom stereocenters. The van der Waals surface area contributed by atoms with E-state index in [-0.39, 0.29) is 17.8 Å². The van der Waals surface area contributed by atoms with E-state index in [0.717, 1.165) is 0 Å². The molecular weight excluding hydrogens is 225 g/mol. The molecule has 0 bridgehead atoms. The van der Waals surface area contributed by atoms with Crippen LogP contribution in [-0.4, -0.2) is 17.6 Å². The number of rotatable bonds is 3. The van der Waals surface area contributed by atoms with Gasteiger partial charge >= 0.3 is 6.36 Å². The van der Waals surface area contributed by atoms with Crippen LogP contribution in [0.4, 0.5) is 13.2 Å². The summed E-state index contributed by atoms with van der Waals surface area (Å²) >= 11 is 0. The number of hydrogen-bond acceptors (Lipinski definition) is 4. The van der Waals surface area contributed by atoms with Crippen LogP contribution in [0, 0.1) is 6.92 Å². The first-order chi connectivity index (χ1) is 7.37. The molecular formula is C9H9F3N2O2. The molecule has 88 valence electrons. The van der Waals surface area contributed by atoms with Gasteiger partial charge in [-0.3, -0.25) is 4.79 Å². The fourth-order valence-corrected chi connectivity index (χ4v) is 1.13. The summed E-state index contributed by atoms with van der Waals surface area (Å²) in [6.45, 7) is 1.39. The van der Waals surface area contributed by atoms with E-state index in [1.54, 1.807) is 6.92 Å². The first-order valence-electron chi connectivity index (χ1n) is 4.29. The van der Waals surface area contributed by atoms with Gasteiger partial charge in [0.15, 0.2) is 6.29 Å². The summed E-state index contributed by atoms with van der Waals surface area (Å²) in [6, 6.07) is 1.35. The Morgan fingerprint density at radius 2 is 2.19 bits per heavy atom. The maximum atomic E-state index is 12.0. The summed E-state index contributed by atoms with van der Waals surface area (Å²) in [5.41, 5.74) is 5.70. The molecule has 2 N–H and O–H groups in total. The first-order valence-corrected chi connectivity index (χ1v) is 4.29. The fourth-order valence-electron chi connectivity index (χ4n) is 1.13. The predicted octanol–water partition coefficient (Wildman–Crippen LogP) is 1.56. The molecule has 0 aliphatic heterocycles. The van der Waals surface area contributed by atoms with Gasteiger partial charge in [0.05, 0.1) is 0 Å². The number of aryl methyl sites for hydroxylation is 1. The van der Waals surface area contributed by atoms with Gasteiger partial charge in [-0.15, -0.1) is 13.2 Å². The molecule has 0 amide bonds. The molecule has 0 spiro atoms. The van der Waals surface area contributed by atoms with Crippen LogP contribution in [-0.2, 0) is 6.54 Å². The van der Waals surface area contributed by atoms with Crippen molar-refractivity contribution in [3.05, 3.63) is 22.9 Å². The second kappa shape index (κ2) is 4.48. The molecule has 0 fully saturated rings. The second-order valence-electron chi connectivity index (χ2n) is 3.02. The Morgan fingerprint density at radius 3 is 2.62 bits per heavy atom. The van der Waals surface area contributed by atoms with Gasteiger partial charge in [-0.25, -0.2) is 4.98 Å². The van der Waals surface area contributed by atoms with E-state index in [1.807, 2.05) is 0 Å². The third kappa shape index (κ3) is 2.93. The zero-order valence-corrected chi connectivity index (χ0v) is 8.34.